The summed E-state index contributed by atoms with van der Waals surface area (Å²) in [5.41, 5.74) is 7.50. The molecule has 1 fully saturated rings. The zero-order valence-electron chi connectivity index (χ0n) is 12.1. The van der Waals surface area contributed by atoms with Crippen LogP contribution in [-0.4, -0.2) is 38.8 Å². The van der Waals surface area contributed by atoms with Crippen LogP contribution in [-0.2, 0) is 0 Å². The zero-order valence-corrected chi connectivity index (χ0v) is 12.1. The van der Waals surface area contributed by atoms with Crippen molar-refractivity contribution in [1.29, 1.82) is 0 Å². The minimum Gasteiger partial charge on any atom is -0.497 e. The molecule has 19 heavy (non-hydrogen) atoms. The second-order valence-corrected chi connectivity index (χ2v) is 5.19. The van der Waals surface area contributed by atoms with E-state index in [4.69, 9.17) is 15.2 Å². The number of ether oxygens (including phenoxy) is 2. The SMILES string of the molecule is COc1ccc(OC)c(C2C(N)CCCCN2C)c1. The molecule has 0 spiro atoms. The molecule has 4 nitrogen and oxygen atoms in total. The van der Waals surface area contributed by atoms with Crippen LogP contribution in [0.1, 0.15) is 30.9 Å². The fourth-order valence-electron chi connectivity index (χ4n) is 2.90. The first kappa shape index (κ1) is 14.2. The molecule has 1 aliphatic rings. The van der Waals surface area contributed by atoms with E-state index in [1.165, 1.54) is 12.8 Å². The van der Waals surface area contributed by atoms with Gasteiger partial charge in [0.25, 0.3) is 0 Å². The Hall–Kier alpha value is -1.26. The van der Waals surface area contributed by atoms with E-state index in [1.807, 2.05) is 18.2 Å². The van der Waals surface area contributed by atoms with Gasteiger partial charge in [-0.15, -0.1) is 0 Å². The van der Waals surface area contributed by atoms with Crippen molar-refractivity contribution in [2.24, 2.45) is 5.73 Å². The van der Waals surface area contributed by atoms with Crippen LogP contribution in [0, 0.1) is 0 Å². The molecule has 2 rings (SSSR count). The Kier molecular flexibility index (Phi) is 4.66. The summed E-state index contributed by atoms with van der Waals surface area (Å²) in [5.74, 6) is 1.73. The van der Waals surface area contributed by atoms with Crippen LogP contribution in [0.15, 0.2) is 18.2 Å². The predicted octanol–water partition coefficient (Wildman–Crippen LogP) is 2.19. The van der Waals surface area contributed by atoms with Crippen LogP contribution in [0.25, 0.3) is 0 Å². The lowest BCUT2D eigenvalue weighted by Crippen LogP contribution is -2.37. The third kappa shape index (κ3) is 3.01. The van der Waals surface area contributed by atoms with E-state index in [1.54, 1.807) is 14.2 Å². The molecule has 1 saturated heterocycles. The van der Waals surface area contributed by atoms with Gasteiger partial charge in [0.15, 0.2) is 0 Å². The molecular weight excluding hydrogens is 240 g/mol. The Morgan fingerprint density at radius 1 is 1.21 bits per heavy atom. The number of nitrogens with zero attached hydrogens (tertiary/aromatic N) is 1. The maximum absolute atomic E-state index is 6.38. The lowest BCUT2D eigenvalue weighted by Gasteiger charge is -2.31. The van der Waals surface area contributed by atoms with Crippen LogP contribution in [0.5, 0.6) is 11.5 Å². The van der Waals surface area contributed by atoms with Crippen LogP contribution >= 0.6 is 0 Å². The van der Waals surface area contributed by atoms with Gasteiger partial charge in [-0.3, -0.25) is 4.90 Å². The molecule has 2 unspecified atom stereocenters. The molecule has 2 N–H and O–H groups in total. The number of hydrogen-bond acceptors (Lipinski definition) is 4. The molecule has 2 atom stereocenters. The average Bonchev–Trinajstić information content (AvgIpc) is 2.59. The van der Waals surface area contributed by atoms with Gasteiger partial charge in [-0.1, -0.05) is 6.42 Å². The lowest BCUT2D eigenvalue weighted by atomic mass is 9.95. The highest BCUT2D eigenvalue weighted by Gasteiger charge is 2.29. The van der Waals surface area contributed by atoms with E-state index < -0.39 is 0 Å². The Bertz CT molecular complexity index is 411. The van der Waals surface area contributed by atoms with E-state index in [-0.39, 0.29) is 12.1 Å². The van der Waals surface area contributed by atoms with Gasteiger partial charge in [0.05, 0.1) is 20.3 Å². The second kappa shape index (κ2) is 6.26. The van der Waals surface area contributed by atoms with Crippen molar-refractivity contribution in [3.63, 3.8) is 0 Å². The monoisotopic (exact) mass is 264 g/mol. The molecule has 0 aliphatic carbocycles. The van der Waals surface area contributed by atoms with Crippen LogP contribution in [0.4, 0.5) is 0 Å². The van der Waals surface area contributed by atoms with Crippen molar-refractivity contribution in [3.8, 4) is 11.5 Å². The van der Waals surface area contributed by atoms with Crippen molar-refractivity contribution in [2.45, 2.75) is 31.3 Å². The van der Waals surface area contributed by atoms with Crippen molar-refractivity contribution in [3.05, 3.63) is 23.8 Å². The molecule has 1 aliphatic heterocycles. The first-order valence-corrected chi connectivity index (χ1v) is 6.85. The fraction of sp³-hybridized carbons (Fsp3) is 0.600. The molecule has 0 aromatic heterocycles. The smallest absolute Gasteiger partial charge is 0.123 e. The van der Waals surface area contributed by atoms with Crippen molar-refractivity contribution >= 4 is 0 Å². The first-order valence-electron chi connectivity index (χ1n) is 6.85. The van der Waals surface area contributed by atoms with Crippen molar-refractivity contribution in [1.82, 2.24) is 4.90 Å². The van der Waals surface area contributed by atoms with Gasteiger partial charge in [0, 0.05) is 11.6 Å². The molecule has 1 aromatic carbocycles. The lowest BCUT2D eigenvalue weighted by molar-refractivity contribution is 0.224. The normalized spacial score (nSPS) is 24.8. The summed E-state index contributed by atoms with van der Waals surface area (Å²) in [6.07, 6.45) is 3.44. The summed E-state index contributed by atoms with van der Waals surface area (Å²) in [5, 5.41) is 0. The number of nitrogens with two attached hydrogens (primary N) is 1. The molecule has 0 radical (unpaired) electrons. The zero-order chi connectivity index (χ0) is 13.8. The summed E-state index contributed by atoms with van der Waals surface area (Å²) in [7, 11) is 5.52. The third-order valence-electron chi connectivity index (χ3n) is 3.93. The standard InChI is InChI=1S/C15H24N2O2/c1-17-9-5-4-6-13(16)15(17)12-10-11(18-2)7-8-14(12)19-3/h7-8,10,13,15H,4-6,9,16H2,1-3H3. The Labute approximate surface area is 115 Å². The summed E-state index contributed by atoms with van der Waals surface area (Å²) in [4.78, 5) is 2.33. The Morgan fingerprint density at radius 2 is 2.00 bits per heavy atom. The number of likely N-dealkylation sites (tertiary alicyclic amines) is 1. The summed E-state index contributed by atoms with van der Waals surface area (Å²) in [6.45, 7) is 1.07. The molecule has 106 valence electrons. The topological polar surface area (TPSA) is 47.7 Å². The second-order valence-electron chi connectivity index (χ2n) is 5.19. The predicted molar refractivity (Wildman–Crippen MR) is 76.7 cm³/mol. The van der Waals surface area contributed by atoms with E-state index in [9.17, 15) is 0 Å². The highest BCUT2D eigenvalue weighted by Crippen LogP contribution is 2.36. The fourth-order valence-corrected chi connectivity index (χ4v) is 2.90. The summed E-state index contributed by atoms with van der Waals surface area (Å²) >= 11 is 0. The number of methoxy groups -OCH3 is 2. The summed E-state index contributed by atoms with van der Waals surface area (Å²) in [6, 6.07) is 6.25. The average molecular weight is 264 g/mol. The number of hydrogen-bond donors (Lipinski definition) is 1. The third-order valence-corrected chi connectivity index (χ3v) is 3.93. The molecule has 4 heteroatoms. The van der Waals surface area contributed by atoms with Gasteiger partial charge in [0.2, 0.25) is 0 Å². The highest BCUT2D eigenvalue weighted by molar-refractivity contribution is 5.43. The van der Waals surface area contributed by atoms with Gasteiger partial charge in [0.1, 0.15) is 11.5 Å². The minimum atomic E-state index is 0.133. The largest absolute Gasteiger partial charge is 0.497 e. The van der Waals surface area contributed by atoms with Crippen molar-refractivity contribution < 1.29 is 9.47 Å². The summed E-state index contributed by atoms with van der Waals surface area (Å²) < 4.78 is 10.8. The number of benzene rings is 1. The quantitative estimate of drug-likeness (QED) is 0.909. The van der Waals surface area contributed by atoms with E-state index in [0.717, 1.165) is 30.0 Å². The van der Waals surface area contributed by atoms with Gasteiger partial charge < -0.3 is 15.2 Å². The molecule has 1 heterocycles. The van der Waals surface area contributed by atoms with Gasteiger partial charge >= 0.3 is 0 Å². The van der Waals surface area contributed by atoms with Gasteiger partial charge in [-0.05, 0) is 44.6 Å². The Morgan fingerprint density at radius 3 is 2.68 bits per heavy atom. The van der Waals surface area contributed by atoms with Gasteiger partial charge in [-0.25, -0.2) is 0 Å². The van der Waals surface area contributed by atoms with Crippen LogP contribution in [0.3, 0.4) is 0 Å². The van der Waals surface area contributed by atoms with Gasteiger partial charge in [-0.2, -0.15) is 0 Å². The molecular formula is C15H24N2O2. The highest BCUT2D eigenvalue weighted by atomic mass is 16.5. The Balaban J connectivity index is 2.41. The first-order chi connectivity index (χ1) is 9.17. The molecule has 1 aromatic rings. The molecule has 0 amide bonds. The maximum atomic E-state index is 6.38. The van der Waals surface area contributed by atoms with Crippen molar-refractivity contribution in [2.75, 3.05) is 27.8 Å². The maximum Gasteiger partial charge on any atom is 0.123 e. The molecule has 0 saturated carbocycles. The number of likely N-dealkylation sites (N-methyl/N-ethyl adjacent to an activating group) is 1. The van der Waals surface area contributed by atoms with Crippen LogP contribution < -0.4 is 15.2 Å². The van der Waals surface area contributed by atoms with E-state index in [0.29, 0.717) is 0 Å². The molecule has 0 bridgehead atoms. The van der Waals surface area contributed by atoms with E-state index >= 15 is 0 Å². The van der Waals surface area contributed by atoms with Crippen LogP contribution in [0.2, 0.25) is 0 Å². The minimum absolute atomic E-state index is 0.133. The van der Waals surface area contributed by atoms with E-state index in [2.05, 4.69) is 11.9 Å². The number of rotatable bonds is 3.